The van der Waals surface area contributed by atoms with Gasteiger partial charge in [0.1, 0.15) is 0 Å². The maximum Gasteiger partial charge on any atom is 0.225 e. The number of hydrogen-bond acceptors (Lipinski definition) is 3. The lowest BCUT2D eigenvalue weighted by atomic mass is 10.3. The van der Waals surface area contributed by atoms with Crippen LogP contribution in [0.25, 0.3) is 0 Å². The van der Waals surface area contributed by atoms with Crippen molar-refractivity contribution < 1.29 is 14.6 Å². The first kappa shape index (κ1) is 11.5. The second kappa shape index (κ2) is 5.98. The Bertz CT molecular complexity index is 180. The zero-order valence-corrected chi connectivity index (χ0v) is 8.74. The molecule has 0 atom stereocenters. The molecular weight excluding hydrogens is 182 g/mol. The standard InChI is InChI=1S/C10H19NO3/c1-2-14-8-5-10(13)11(6-7-12)9-3-4-9/h9,12H,2-8H2,1H3. The summed E-state index contributed by atoms with van der Waals surface area (Å²) in [5.74, 6) is 0.106. The summed E-state index contributed by atoms with van der Waals surface area (Å²) in [5.41, 5.74) is 0. The number of nitrogens with zero attached hydrogens (tertiary/aromatic N) is 1. The van der Waals surface area contributed by atoms with E-state index in [9.17, 15) is 4.79 Å². The normalized spacial score (nSPS) is 15.6. The molecule has 14 heavy (non-hydrogen) atoms. The van der Waals surface area contributed by atoms with Crippen LogP contribution in [-0.4, -0.2) is 48.3 Å². The monoisotopic (exact) mass is 201 g/mol. The second-order valence-corrected chi connectivity index (χ2v) is 3.49. The summed E-state index contributed by atoms with van der Waals surface area (Å²) in [7, 11) is 0. The predicted molar refractivity (Wildman–Crippen MR) is 52.9 cm³/mol. The van der Waals surface area contributed by atoms with Gasteiger partial charge in [-0.2, -0.15) is 0 Å². The van der Waals surface area contributed by atoms with Gasteiger partial charge in [-0.3, -0.25) is 4.79 Å². The Morgan fingerprint density at radius 3 is 2.79 bits per heavy atom. The number of aliphatic hydroxyl groups is 1. The fourth-order valence-electron chi connectivity index (χ4n) is 1.45. The topological polar surface area (TPSA) is 49.8 Å². The zero-order valence-electron chi connectivity index (χ0n) is 8.74. The number of rotatable bonds is 7. The fraction of sp³-hybridized carbons (Fsp3) is 0.900. The molecule has 4 nitrogen and oxygen atoms in total. The van der Waals surface area contributed by atoms with E-state index < -0.39 is 0 Å². The Morgan fingerprint density at radius 2 is 2.29 bits per heavy atom. The molecule has 1 rings (SSSR count). The lowest BCUT2D eigenvalue weighted by Crippen LogP contribution is -2.36. The van der Waals surface area contributed by atoms with Crippen LogP contribution in [0.3, 0.4) is 0 Å². The minimum Gasteiger partial charge on any atom is -0.395 e. The number of amides is 1. The molecule has 0 bridgehead atoms. The van der Waals surface area contributed by atoms with Crippen LogP contribution in [-0.2, 0) is 9.53 Å². The van der Waals surface area contributed by atoms with Crippen LogP contribution in [0, 0.1) is 0 Å². The minimum absolute atomic E-state index is 0.0525. The van der Waals surface area contributed by atoms with Crippen molar-refractivity contribution in [2.75, 3.05) is 26.4 Å². The van der Waals surface area contributed by atoms with E-state index in [0.29, 0.717) is 32.2 Å². The van der Waals surface area contributed by atoms with Crippen molar-refractivity contribution in [3.05, 3.63) is 0 Å². The Labute approximate surface area is 84.8 Å². The molecule has 1 N–H and O–H groups in total. The molecule has 4 heteroatoms. The van der Waals surface area contributed by atoms with E-state index in [4.69, 9.17) is 9.84 Å². The van der Waals surface area contributed by atoms with E-state index in [2.05, 4.69) is 0 Å². The average Bonchev–Trinajstić information content (AvgIpc) is 2.98. The summed E-state index contributed by atoms with van der Waals surface area (Å²) in [6, 6.07) is 0.385. The maximum atomic E-state index is 11.6. The Hall–Kier alpha value is -0.610. The molecule has 1 fully saturated rings. The van der Waals surface area contributed by atoms with Gasteiger partial charge in [-0.1, -0.05) is 0 Å². The van der Waals surface area contributed by atoms with Gasteiger partial charge in [-0.05, 0) is 19.8 Å². The Morgan fingerprint density at radius 1 is 1.57 bits per heavy atom. The van der Waals surface area contributed by atoms with Gasteiger partial charge in [0.2, 0.25) is 5.91 Å². The van der Waals surface area contributed by atoms with Crippen molar-refractivity contribution in [3.8, 4) is 0 Å². The quantitative estimate of drug-likeness (QED) is 0.606. The molecule has 0 saturated heterocycles. The SMILES string of the molecule is CCOCCC(=O)N(CCO)C1CC1. The Balaban J connectivity index is 2.23. The first-order valence-corrected chi connectivity index (χ1v) is 5.27. The van der Waals surface area contributed by atoms with Crippen LogP contribution < -0.4 is 0 Å². The molecule has 0 unspecified atom stereocenters. The summed E-state index contributed by atoms with van der Waals surface area (Å²) < 4.78 is 5.12. The van der Waals surface area contributed by atoms with E-state index in [0.717, 1.165) is 12.8 Å². The highest BCUT2D eigenvalue weighted by molar-refractivity contribution is 5.77. The number of aliphatic hydroxyl groups excluding tert-OH is 1. The third kappa shape index (κ3) is 3.64. The van der Waals surface area contributed by atoms with Crippen LogP contribution in [0.2, 0.25) is 0 Å². The first-order chi connectivity index (χ1) is 6.79. The molecule has 0 spiro atoms. The molecular formula is C10H19NO3. The first-order valence-electron chi connectivity index (χ1n) is 5.27. The van der Waals surface area contributed by atoms with Crippen LogP contribution in [0.1, 0.15) is 26.2 Å². The minimum atomic E-state index is 0.0525. The molecule has 1 saturated carbocycles. The highest BCUT2D eigenvalue weighted by Gasteiger charge is 2.31. The number of carbonyl (C=O) groups is 1. The molecule has 1 aliphatic rings. The number of ether oxygens (including phenoxy) is 1. The summed E-state index contributed by atoms with van der Waals surface area (Å²) in [6.45, 7) is 3.57. The van der Waals surface area contributed by atoms with Gasteiger partial charge in [0, 0.05) is 19.2 Å². The molecule has 1 aliphatic carbocycles. The van der Waals surface area contributed by atoms with E-state index in [-0.39, 0.29) is 12.5 Å². The molecule has 0 heterocycles. The third-order valence-electron chi connectivity index (χ3n) is 2.31. The van der Waals surface area contributed by atoms with E-state index in [1.54, 1.807) is 4.90 Å². The van der Waals surface area contributed by atoms with Crippen molar-refractivity contribution in [2.45, 2.75) is 32.2 Å². The molecule has 0 aromatic rings. The van der Waals surface area contributed by atoms with Crippen molar-refractivity contribution in [1.29, 1.82) is 0 Å². The van der Waals surface area contributed by atoms with Crippen molar-refractivity contribution in [3.63, 3.8) is 0 Å². The summed E-state index contributed by atoms with van der Waals surface area (Å²) in [4.78, 5) is 13.4. The van der Waals surface area contributed by atoms with Crippen LogP contribution in [0.4, 0.5) is 0 Å². The van der Waals surface area contributed by atoms with Crippen LogP contribution in [0.5, 0.6) is 0 Å². The van der Waals surface area contributed by atoms with E-state index in [1.165, 1.54) is 0 Å². The van der Waals surface area contributed by atoms with Crippen molar-refractivity contribution in [1.82, 2.24) is 4.90 Å². The molecule has 0 aromatic carbocycles. The number of carbonyl (C=O) groups excluding carboxylic acids is 1. The maximum absolute atomic E-state index is 11.6. The Kier molecular flexibility index (Phi) is 4.90. The third-order valence-corrected chi connectivity index (χ3v) is 2.31. The molecule has 1 amide bonds. The lowest BCUT2D eigenvalue weighted by Gasteiger charge is -2.21. The smallest absolute Gasteiger partial charge is 0.225 e. The van der Waals surface area contributed by atoms with Gasteiger partial charge in [-0.25, -0.2) is 0 Å². The van der Waals surface area contributed by atoms with Gasteiger partial charge in [0.15, 0.2) is 0 Å². The highest BCUT2D eigenvalue weighted by atomic mass is 16.5. The van der Waals surface area contributed by atoms with Crippen LogP contribution in [0.15, 0.2) is 0 Å². The highest BCUT2D eigenvalue weighted by Crippen LogP contribution is 2.26. The van der Waals surface area contributed by atoms with Gasteiger partial charge in [-0.15, -0.1) is 0 Å². The number of hydrogen-bond donors (Lipinski definition) is 1. The van der Waals surface area contributed by atoms with Crippen molar-refractivity contribution >= 4 is 5.91 Å². The van der Waals surface area contributed by atoms with E-state index in [1.807, 2.05) is 6.92 Å². The molecule has 0 aliphatic heterocycles. The van der Waals surface area contributed by atoms with Gasteiger partial charge in [0.05, 0.1) is 19.6 Å². The van der Waals surface area contributed by atoms with Crippen LogP contribution >= 0.6 is 0 Å². The summed E-state index contributed by atoms with van der Waals surface area (Å²) in [6.07, 6.45) is 2.60. The van der Waals surface area contributed by atoms with E-state index >= 15 is 0 Å². The summed E-state index contributed by atoms with van der Waals surface area (Å²) >= 11 is 0. The predicted octanol–water partition coefficient (Wildman–Crippen LogP) is 0.396. The molecule has 0 aromatic heterocycles. The largest absolute Gasteiger partial charge is 0.395 e. The summed E-state index contributed by atoms with van der Waals surface area (Å²) in [5, 5.41) is 8.81. The molecule has 82 valence electrons. The average molecular weight is 201 g/mol. The van der Waals surface area contributed by atoms with Gasteiger partial charge >= 0.3 is 0 Å². The zero-order chi connectivity index (χ0) is 10.4. The second-order valence-electron chi connectivity index (χ2n) is 3.49. The van der Waals surface area contributed by atoms with Gasteiger partial charge < -0.3 is 14.7 Å². The van der Waals surface area contributed by atoms with Gasteiger partial charge in [0.25, 0.3) is 0 Å². The fourth-order valence-corrected chi connectivity index (χ4v) is 1.45. The lowest BCUT2D eigenvalue weighted by molar-refractivity contribution is -0.133. The van der Waals surface area contributed by atoms with Crippen molar-refractivity contribution in [2.24, 2.45) is 0 Å². The molecule has 0 radical (unpaired) electrons.